The van der Waals surface area contributed by atoms with Gasteiger partial charge in [0, 0.05) is 30.1 Å². The Bertz CT molecular complexity index is 1150. The summed E-state index contributed by atoms with van der Waals surface area (Å²) in [4.78, 5) is 21.6. The lowest BCUT2D eigenvalue weighted by Gasteiger charge is -2.44. The van der Waals surface area contributed by atoms with Crippen molar-refractivity contribution in [3.8, 4) is 16.9 Å². The Hall–Kier alpha value is -4.10. The molecule has 3 aromatic rings. The van der Waals surface area contributed by atoms with E-state index in [1.54, 1.807) is 0 Å². The van der Waals surface area contributed by atoms with E-state index < -0.39 is 11.9 Å². The van der Waals surface area contributed by atoms with E-state index in [0.29, 0.717) is 18.3 Å². The third-order valence-corrected chi connectivity index (χ3v) is 6.39. The van der Waals surface area contributed by atoms with E-state index in [1.807, 2.05) is 18.2 Å². The van der Waals surface area contributed by atoms with Crippen molar-refractivity contribution in [1.82, 2.24) is 4.90 Å². The van der Waals surface area contributed by atoms with Gasteiger partial charge in [-0.3, -0.25) is 4.90 Å². The lowest BCUT2D eigenvalue weighted by Crippen LogP contribution is -2.52. The molecule has 7 nitrogen and oxygen atoms in total. The van der Waals surface area contributed by atoms with Gasteiger partial charge in [-0.2, -0.15) is 0 Å². The summed E-state index contributed by atoms with van der Waals surface area (Å²) in [5.41, 5.74) is 4.63. The summed E-state index contributed by atoms with van der Waals surface area (Å²) >= 11 is 0. The molecular formula is C29H30N2O5. The highest BCUT2D eigenvalue weighted by Crippen LogP contribution is 2.31. The maximum absolute atomic E-state index is 9.55. The zero-order valence-corrected chi connectivity index (χ0v) is 19.9. The Balaban J connectivity index is 0.000000331. The summed E-state index contributed by atoms with van der Waals surface area (Å²) < 4.78 is 6.31. The fourth-order valence-electron chi connectivity index (χ4n) is 4.52. The van der Waals surface area contributed by atoms with Crippen LogP contribution < -0.4 is 10.1 Å². The minimum atomic E-state index is -1.26. The summed E-state index contributed by atoms with van der Waals surface area (Å²) in [6.45, 7) is 3.58. The Morgan fingerprint density at radius 3 is 1.81 bits per heavy atom. The molecule has 3 aromatic carbocycles. The smallest absolute Gasteiger partial charge is 0.328 e. The molecule has 0 aliphatic carbocycles. The number of nitrogens with one attached hydrogen (secondary N) is 1. The molecular weight excluding hydrogens is 456 g/mol. The molecule has 2 bridgehead atoms. The average Bonchev–Trinajstić information content (AvgIpc) is 2.90. The van der Waals surface area contributed by atoms with Gasteiger partial charge in [0.05, 0.1) is 0 Å². The zero-order chi connectivity index (χ0) is 25.3. The fraction of sp³-hybridized carbons (Fsp3) is 0.241. The van der Waals surface area contributed by atoms with E-state index >= 15 is 0 Å². The number of carboxylic acid groups (broad SMARTS) is 2. The molecule has 3 fully saturated rings. The number of para-hydroxylation sites is 1. The molecule has 1 unspecified atom stereocenters. The van der Waals surface area contributed by atoms with Crippen LogP contribution in [-0.4, -0.2) is 52.8 Å². The van der Waals surface area contributed by atoms with Crippen molar-refractivity contribution in [3.05, 3.63) is 91.0 Å². The molecule has 3 aliphatic rings. The molecule has 1 atom stereocenters. The Labute approximate surface area is 210 Å². The molecule has 3 heterocycles. The van der Waals surface area contributed by atoms with Gasteiger partial charge in [-0.05, 0) is 79.4 Å². The highest BCUT2D eigenvalue weighted by molar-refractivity contribution is 5.89. The van der Waals surface area contributed by atoms with Crippen LogP contribution >= 0.6 is 0 Å². The first-order valence-electron chi connectivity index (χ1n) is 12.0. The number of ether oxygens (including phenoxy) is 1. The number of carbonyl (C=O) groups is 2. The summed E-state index contributed by atoms with van der Waals surface area (Å²) in [5.74, 6) is -0.793. The van der Waals surface area contributed by atoms with E-state index in [0.717, 1.165) is 29.6 Å². The summed E-state index contributed by atoms with van der Waals surface area (Å²) in [7, 11) is 0. The molecule has 3 aliphatic heterocycles. The first kappa shape index (κ1) is 25.0. The van der Waals surface area contributed by atoms with E-state index in [1.165, 1.54) is 37.1 Å². The fourth-order valence-corrected chi connectivity index (χ4v) is 4.52. The molecule has 36 heavy (non-hydrogen) atoms. The minimum Gasteiger partial charge on any atom is -0.489 e. The van der Waals surface area contributed by atoms with Crippen LogP contribution in [-0.2, 0) is 9.59 Å². The molecule has 0 amide bonds. The largest absolute Gasteiger partial charge is 0.489 e. The van der Waals surface area contributed by atoms with Crippen molar-refractivity contribution in [2.75, 3.05) is 25.0 Å². The van der Waals surface area contributed by atoms with Gasteiger partial charge in [-0.15, -0.1) is 0 Å². The average molecular weight is 487 g/mol. The van der Waals surface area contributed by atoms with Crippen LogP contribution in [0.2, 0.25) is 0 Å². The zero-order valence-electron chi connectivity index (χ0n) is 19.9. The molecule has 186 valence electrons. The standard InChI is InChI=1S/C25H26N2O.C4H4O4/c1-2-4-22(5-3-1)26-23-10-6-19(7-11-23)20-8-12-24(13-9-20)28-25-18-27-16-14-21(25)15-17-27;5-3(6)1-2-4(7)8/h1-13,21,25-26H,14-18H2;1-2H,(H,5,6)(H,7,8)/b;2-1+. The van der Waals surface area contributed by atoms with Gasteiger partial charge in [0.15, 0.2) is 0 Å². The van der Waals surface area contributed by atoms with Crippen LogP contribution in [0.5, 0.6) is 5.75 Å². The predicted molar refractivity (Wildman–Crippen MR) is 140 cm³/mol. The van der Waals surface area contributed by atoms with Gasteiger partial charge in [0.2, 0.25) is 0 Å². The summed E-state index contributed by atoms with van der Waals surface area (Å²) in [6.07, 6.45) is 4.04. The normalized spacial score (nSPS) is 20.3. The third-order valence-electron chi connectivity index (χ3n) is 6.39. The highest BCUT2D eigenvalue weighted by Gasteiger charge is 2.35. The van der Waals surface area contributed by atoms with Crippen LogP contribution in [0.3, 0.4) is 0 Å². The summed E-state index contributed by atoms with van der Waals surface area (Å²) in [5, 5.41) is 19.1. The highest BCUT2D eigenvalue weighted by atomic mass is 16.5. The van der Waals surface area contributed by atoms with Crippen LogP contribution in [0.4, 0.5) is 11.4 Å². The lowest BCUT2D eigenvalue weighted by molar-refractivity contribution is -0.134. The van der Waals surface area contributed by atoms with Crippen molar-refractivity contribution in [1.29, 1.82) is 0 Å². The monoisotopic (exact) mass is 486 g/mol. The number of piperidine rings is 3. The van der Waals surface area contributed by atoms with Gasteiger partial charge >= 0.3 is 11.9 Å². The van der Waals surface area contributed by atoms with Crippen LogP contribution in [0.15, 0.2) is 91.0 Å². The van der Waals surface area contributed by atoms with E-state index in [4.69, 9.17) is 14.9 Å². The third kappa shape index (κ3) is 7.20. The number of hydrogen-bond acceptors (Lipinski definition) is 5. The number of carboxylic acids is 2. The number of nitrogens with zero attached hydrogens (tertiary/aromatic N) is 1. The quantitative estimate of drug-likeness (QED) is 0.391. The van der Waals surface area contributed by atoms with Crippen LogP contribution in [0, 0.1) is 5.92 Å². The molecule has 0 aromatic heterocycles. The van der Waals surface area contributed by atoms with Crippen LogP contribution in [0.25, 0.3) is 11.1 Å². The summed E-state index contributed by atoms with van der Waals surface area (Å²) in [6, 6.07) is 27.4. The molecule has 3 saturated heterocycles. The van der Waals surface area contributed by atoms with E-state index in [9.17, 15) is 9.59 Å². The van der Waals surface area contributed by atoms with E-state index in [-0.39, 0.29) is 0 Å². The van der Waals surface area contributed by atoms with Crippen molar-refractivity contribution >= 4 is 23.3 Å². The molecule has 7 heteroatoms. The van der Waals surface area contributed by atoms with Crippen molar-refractivity contribution < 1.29 is 24.5 Å². The minimum absolute atomic E-state index is 0.358. The Morgan fingerprint density at radius 1 is 0.778 bits per heavy atom. The number of anilines is 2. The molecule has 3 N–H and O–H groups in total. The predicted octanol–water partition coefficient (Wildman–Crippen LogP) is 5.28. The second-order valence-electron chi connectivity index (χ2n) is 8.90. The molecule has 0 saturated carbocycles. The van der Waals surface area contributed by atoms with Gasteiger partial charge in [0.1, 0.15) is 11.9 Å². The number of aliphatic carboxylic acids is 2. The number of hydrogen-bond donors (Lipinski definition) is 3. The van der Waals surface area contributed by atoms with Crippen LogP contribution in [0.1, 0.15) is 12.8 Å². The number of benzene rings is 3. The van der Waals surface area contributed by atoms with Gasteiger partial charge in [-0.25, -0.2) is 9.59 Å². The Morgan fingerprint density at radius 2 is 1.31 bits per heavy atom. The van der Waals surface area contributed by atoms with Gasteiger partial charge < -0.3 is 20.3 Å². The van der Waals surface area contributed by atoms with Crippen molar-refractivity contribution in [2.24, 2.45) is 5.92 Å². The molecule has 0 radical (unpaired) electrons. The molecule has 0 spiro atoms. The number of rotatable bonds is 7. The first-order chi connectivity index (χ1) is 17.5. The van der Waals surface area contributed by atoms with Crippen molar-refractivity contribution in [2.45, 2.75) is 18.9 Å². The number of fused-ring (bicyclic) bond motifs is 3. The molecule has 6 rings (SSSR count). The second-order valence-corrected chi connectivity index (χ2v) is 8.90. The van der Waals surface area contributed by atoms with Crippen molar-refractivity contribution in [3.63, 3.8) is 0 Å². The lowest BCUT2D eigenvalue weighted by atomic mass is 9.86. The maximum Gasteiger partial charge on any atom is 0.328 e. The van der Waals surface area contributed by atoms with Gasteiger partial charge in [0.25, 0.3) is 0 Å². The Kier molecular flexibility index (Phi) is 8.36. The maximum atomic E-state index is 9.55. The second kappa shape index (κ2) is 12.0. The first-order valence-corrected chi connectivity index (χ1v) is 12.0. The van der Waals surface area contributed by atoms with E-state index in [2.05, 4.69) is 70.9 Å². The topological polar surface area (TPSA) is 99.1 Å². The van der Waals surface area contributed by atoms with Gasteiger partial charge in [-0.1, -0.05) is 42.5 Å². The SMILES string of the molecule is O=C(O)/C=C/C(=O)O.c1ccc(Nc2ccc(-c3ccc(OC4CN5CCC4CC5)cc3)cc2)cc1.